The highest BCUT2D eigenvalue weighted by molar-refractivity contribution is 5.94. The fraction of sp³-hybridized carbons (Fsp3) is 0.333. The Morgan fingerprint density at radius 1 is 1.07 bits per heavy atom. The van der Waals surface area contributed by atoms with Crippen LogP contribution in [0.15, 0.2) is 48.5 Å². The van der Waals surface area contributed by atoms with Crippen molar-refractivity contribution in [2.45, 2.75) is 13.0 Å². The van der Waals surface area contributed by atoms with E-state index in [1.165, 1.54) is 6.92 Å². The Morgan fingerprint density at radius 2 is 1.78 bits per heavy atom. The number of ether oxygens (including phenoxy) is 2. The highest BCUT2D eigenvalue weighted by Crippen LogP contribution is 2.20. The monoisotopic (exact) mass is 370 g/mol. The molecule has 1 amide bonds. The second-order valence-corrected chi connectivity index (χ2v) is 6.43. The summed E-state index contributed by atoms with van der Waals surface area (Å²) >= 11 is 0. The minimum atomic E-state index is -0.219. The lowest BCUT2D eigenvalue weighted by Gasteiger charge is -2.25. The number of amides is 1. The van der Waals surface area contributed by atoms with Gasteiger partial charge in [-0.2, -0.15) is 0 Å². The molecule has 2 aromatic rings. The van der Waals surface area contributed by atoms with Crippen LogP contribution in [0.5, 0.6) is 11.5 Å². The minimum absolute atomic E-state index is 0.0286. The molecule has 0 bridgehead atoms. The van der Waals surface area contributed by atoms with Crippen LogP contribution in [0.25, 0.3) is 0 Å². The van der Waals surface area contributed by atoms with Crippen molar-refractivity contribution in [1.29, 1.82) is 0 Å². The Kier molecular flexibility index (Phi) is 7.37. The third kappa shape index (κ3) is 6.11. The van der Waals surface area contributed by atoms with Gasteiger partial charge >= 0.3 is 0 Å². The third-order valence-electron chi connectivity index (χ3n) is 4.23. The van der Waals surface area contributed by atoms with Crippen molar-refractivity contribution in [3.8, 4) is 11.5 Å². The molecule has 0 aromatic heterocycles. The van der Waals surface area contributed by atoms with Crippen molar-refractivity contribution in [2.75, 3.05) is 34.4 Å². The number of Topliss-reactive ketones (excluding diaryl/α,β-unsaturated/α-hetero) is 1. The molecule has 0 radical (unpaired) electrons. The molecule has 27 heavy (non-hydrogen) atoms. The molecule has 0 heterocycles. The Labute approximate surface area is 160 Å². The maximum absolute atomic E-state index is 12.2. The first-order valence-electron chi connectivity index (χ1n) is 8.71. The van der Waals surface area contributed by atoms with Crippen molar-refractivity contribution >= 4 is 11.7 Å². The lowest BCUT2D eigenvalue weighted by Crippen LogP contribution is -2.36. The van der Waals surface area contributed by atoms with E-state index >= 15 is 0 Å². The largest absolute Gasteiger partial charge is 0.497 e. The second-order valence-electron chi connectivity index (χ2n) is 6.43. The Bertz CT molecular complexity index is 772. The topological polar surface area (TPSA) is 67.9 Å². The van der Waals surface area contributed by atoms with Gasteiger partial charge in [0.05, 0.1) is 13.2 Å². The Hall–Kier alpha value is -2.86. The van der Waals surface area contributed by atoms with Gasteiger partial charge in [-0.25, -0.2) is 0 Å². The molecule has 0 saturated carbocycles. The number of nitrogens with one attached hydrogen (secondary N) is 1. The number of hydrogen-bond acceptors (Lipinski definition) is 5. The zero-order chi connectivity index (χ0) is 19.8. The summed E-state index contributed by atoms with van der Waals surface area (Å²) in [5.74, 6) is 1.03. The van der Waals surface area contributed by atoms with E-state index in [-0.39, 0.29) is 24.3 Å². The molecule has 0 aliphatic rings. The third-order valence-corrected chi connectivity index (χ3v) is 4.23. The zero-order valence-electron chi connectivity index (χ0n) is 16.2. The summed E-state index contributed by atoms with van der Waals surface area (Å²) in [7, 11) is 5.56. The van der Waals surface area contributed by atoms with Crippen molar-refractivity contribution in [3.05, 3.63) is 59.7 Å². The molecular formula is C21H26N2O4. The number of benzene rings is 2. The number of ketones is 1. The smallest absolute Gasteiger partial charge is 0.258 e. The van der Waals surface area contributed by atoms with E-state index < -0.39 is 0 Å². The maximum atomic E-state index is 12.2. The predicted molar refractivity (Wildman–Crippen MR) is 104 cm³/mol. The molecule has 0 aliphatic heterocycles. The molecule has 2 aromatic carbocycles. The molecule has 0 unspecified atom stereocenters. The van der Waals surface area contributed by atoms with Crippen molar-refractivity contribution < 1.29 is 19.1 Å². The van der Waals surface area contributed by atoms with Gasteiger partial charge in [0.25, 0.3) is 5.91 Å². The summed E-state index contributed by atoms with van der Waals surface area (Å²) in [6, 6.07) is 14.6. The van der Waals surface area contributed by atoms with Gasteiger partial charge < -0.3 is 19.7 Å². The van der Waals surface area contributed by atoms with Crippen LogP contribution in [-0.4, -0.2) is 50.9 Å². The number of hydrogen-bond donors (Lipinski definition) is 1. The van der Waals surface area contributed by atoms with Crippen LogP contribution in [0.1, 0.15) is 28.9 Å². The first kappa shape index (κ1) is 20.5. The SMILES string of the molecule is COc1ccc([C@H](CNC(=O)COc2cccc(C(C)=O)c2)N(C)C)cc1. The molecule has 6 nitrogen and oxygen atoms in total. The molecule has 0 fully saturated rings. The number of rotatable bonds is 9. The standard InChI is InChI=1S/C21H26N2O4/c1-15(24)17-6-5-7-19(12-17)27-14-21(25)22-13-20(23(2)3)16-8-10-18(26-4)11-9-16/h5-12,20H,13-14H2,1-4H3,(H,22,25)/t20-/m0/s1. The van der Waals surface area contributed by atoms with E-state index in [1.807, 2.05) is 43.3 Å². The van der Waals surface area contributed by atoms with Gasteiger partial charge in [0.15, 0.2) is 12.4 Å². The number of methoxy groups -OCH3 is 1. The van der Waals surface area contributed by atoms with E-state index in [0.29, 0.717) is 17.9 Å². The number of carbonyl (C=O) groups excluding carboxylic acids is 2. The molecule has 6 heteroatoms. The molecule has 0 aliphatic carbocycles. The van der Waals surface area contributed by atoms with Crippen LogP contribution in [0.2, 0.25) is 0 Å². The highest BCUT2D eigenvalue weighted by Gasteiger charge is 2.15. The van der Waals surface area contributed by atoms with E-state index in [1.54, 1.807) is 31.4 Å². The van der Waals surface area contributed by atoms with Gasteiger partial charge in [0.1, 0.15) is 11.5 Å². The van der Waals surface area contributed by atoms with Crippen molar-refractivity contribution in [1.82, 2.24) is 10.2 Å². The van der Waals surface area contributed by atoms with Crippen LogP contribution in [-0.2, 0) is 4.79 Å². The van der Waals surface area contributed by atoms with Gasteiger partial charge in [-0.3, -0.25) is 9.59 Å². The van der Waals surface area contributed by atoms with E-state index in [9.17, 15) is 9.59 Å². The first-order chi connectivity index (χ1) is 12.9. The number of carbonyl (C=O) groups is 2. The lowest BCUT2D eigenvalue weighted by molar-refractivity contribution is -0.123. The van der Waals surface area contributed by atoms with E-state index in [2.05, 4.69) is 5.32 Å². The van der Waals surface area contributed by atoms with Crippen LogP contribution in [0.3, 0.4) is 0 Å². The second kappa shape index (κ2) is 9.73. The Morgan fingerprint density at radius 3 is 2.37 bits per heavy atom. The molecule has 1 N–H and O–H groups in total. The summed E-state index contributed by atoms with van der Waals surface area (Å²) in [6.07, 6.45) is 0. The number of nitrogens with zero attached hydrogens (tertiary/aromatic N) is 1. The summed E-state index contributed by atoms with van der Waals surface area (Å²) in [5.41, 5.74) is 1.64. The fourth-order valence-corrected chi connectivity index (χ4v) is 2.64. The molecule has 0 spiro atoms. The summed E-state index contributed by atoms with van der Waals surface area (Å²) in [5, 5.41) is 2.90. The first-order valence-corrected chi connectivity index (χ1v) is 8.71. The van der Waals surface area contributed by atoms with Crippen LogP contribution in [0, 0.1) is 0 Å². The van der Waals surface area contributed by atoms with E-state index in [4.69, 9.17) is 9.47 Å². The van der Waals surface area contributed by atoms with Crippen LogP contribution >= 0.6 is 0 Å². The highest BCUT2D eigenvalue weighted by atomic mass is 16.5. The molecule has 2 rings (SSSR count). The average molecular weight is 370 g/mol. The maximum Gasteiger partial charge on any atom is 0.258 e. The molecular weight excluding hydrogens is 344 g/mol. The van der Waals surface area contributed by atoms with Gasteiger partial charge in [0, 0.05) is 12.1 Å². The van der Waals surface area contributed by atoms with Crippen LogP contribution in [0.4, 0.5) is 0 Å². The van der Waals surface area contributed by atoms with Gasteiger partial charge in [-0.05, 0) is 50.8 Å². The van der Waals surface area contributed by atoms with Gasteiger partial charge in [0.2, 0.25) is 0 Å². The lowest BCUT2D eigenvalue weighted by atomic mass is 10.1. The minimum Gasteiger partial charge on any atom is -0.497 e. The van der Waals surface area contributed by atoms with Gasteiger partial charge in [-0.15, -0.1) is 0 Å². The van der Waals surface area contributed by atoms with Gasteiger partial charge in [-0.1, -0.05) is 24.3 Å². The summed E-state index contributed by atoms with van der Waals surface area (Å²) in [6.45, 7) is 1.84. The molecule has 1 atom stereocenters. The Balaban J connectivity index is 1.90. The van der Waals surface area contributed by atoms with Crippen molar-refractivity contribution in [3.63, 3.8) is 0 Å². The molecule has 144 valence electrons. The summed E-state index contributed by atoms with van der Waals surface area (Å²) < 4.78 is 10.7. The predicted octanol–water partition coefficient (Wildman–Crippen LogP) is 2.70. The number of likely N-dealkylation sites (N-methyl/N-ethyl adjacent to an activating group) is 1. The van der Waals surface area contributed by atoms with Crippen molar-refractivity contribution in [2.24, 2.45) is 0 Å². The van der Waals surface area contributed by atoms with E-state index in [0.717, 1.165) is 11.3 Å². The fourth-order valence-electron chi connectivity index (χ4n) is 2.64. The molecule has 0 saturated heterocycles. The van der Waals surface area contributed by atoms with Crippen LogP contribution < -0.4 is 14.8 Å². The normalized spacial score (nSPS) is 11.7. The zero-order valence-corrected chi connectivity index (χ0v) is 16.2. The summed E-state index contributed by atoms with van der Waals surface area (Å²) in [4.78, 5) is 25.6. The quantitative estimate of drug-likeness (QED) is 0.688. The average Bonchev–Trinajstić information content (AvgIpc) is 2.67.